The van der Waals surface area contributed by atoms with Gasteiger partial charge in [-0.1, -0.05) is 42.5 Å². The SMILES string of the molecule is C=Cc1ccccc1OC(=O)/C(C)=C(/C)Cl. The Bertz CT molecular complexity index is 443. The van der Waals surface area contributed by atoms with Gasteiger partial charge in [0.1, 0.15) is 5.75 Å². The molecule has 0 fully saturated rings. The van der Waals surface area contributed by atoms with E-state index in [1.165, 1.54) is 0 Å². The average Bonchev–Trinajstić information content (AvgIpc) is 2.28. The molecule has 0 aliphatic heterocycles. The van der Waals surface area contributed by atoms with Gasteiger partial charge in [-0.25, -0.2) is 4.79 Å². The van der Waals surface area contributed by atoms with E-state index >= 15 is 0 Å². The van der Waals surface area contributed by atoms with Gasteiger partial charge in [-0.3, -0.25) is 0 Å². The van der Waals surface area contributed by atoms with Crippen molar-refractivity contribution in [2.24, 2.45) is 0 Å². The molecule has 0 spiro atoms. The van der Waals surface area contributed by atoms with Gasteiger partial charge in [-0.2, -0.15) is 0 Å². The van der Waals surface area contributed by atoms with Crippen LogP contribution in [-0.2, 0) is 4.79 Å². The fourth-order valence-electron chi connectivity index (χ4n) is 1.06. The first kappa shape index (κ1) is 12.5. The van der Waals surface area contributed by atoms with Crippen LogP contribution in [0, 0.1) is 0 Å². The predicted octanol–water partition coefficient (Wildman–Crippen LogP) is 3.77. The Morgan fingerprint density at radius 1 is 1.38 bits per heavy atom. The zero-order valence-corrected chi connectivity index (χ0v) is 10.0. The topological polar surface area (TPSA) is 26.3 Å². The monoisotopic (exact) mass is 236 g/mol. The molecule has 1 aromatic rings. The molecule has 0 aliphatic rings. The number of halogens is 1. The molecule has 84 valence electrons. The highest BCUT2D eigenvalue weighted by atomic mass is 35.5. The summed E-state index contributed by atoms with van der Waals surface area (Å²) in [6, 6.07) is 7.18. The summed E-state index contributed by atoms with van der Waals surface area (Å²) in [5.74, 6) is 0.0431. The third-order valence-electron chi connectivity index (χ3n) is 2.16. The molecule has 16 heavy (non-hydrogen) atoms. The number of hydrogen-bond acceptors (Lipinski definition) is 2. The van der Waals surface area contributed by atoms with Crippen LogP contribution in [0.25, 0.3) is 6.08 Å². The summed E-state index contributed by atoms with van der Waals surface area (Å²) in [5, 5.41) is 0.432. The first-order chi connectivity index (χ1) is 7.56. The summed E-state index contributed by atoms with van der Waals surface area (Å²) < 4.78 is 5.21. The van der Waals surface area contributed by atoms with E-state index in [2.05, 4.69) is 6.58 Å². The minimum absolute atomic E-state index is 0.403. The molecule has 0 bridgehead atoms. The van der Waals surface area contributed by atoms with Crippen LogP contribution in [0.15, 0.2) is 41.4 Å². The Morgan fingerprint density at radius 2 is 2.00 bits per heavy atom. The smallest absolute Gasteiger partial charge is 0.340 e. The van der Waals surface area contributed by atoms with Crippen LogP contribution in [0.4, 0.5) is 0 Å². The summed E-state index contributed by atoms with van der Waals surface area (Å²) in [5.41, 5.74) is 1.18. The fraction of sp³-hybridized carbons (Fsp3) is 0.154. The van der Waals surface area contributed by atoms with E-state index in [4.69, 9.17) is 16.3 Å². The molecule has 0 heterocycles. The van der Waals surface area contributed by atoms with E-state index in [0.29, 0.717) is 16.4 Å². The zero-order valence-electron chi connectivity index (χ0n) is 9.29. The number of ether oxygens (including phenoxy) is 1. The minimum atomic E-state index is -0.443. The molecule has 0 radical (unpaired) electrons. The van der Waals surface area contributed by atoms with Gasteiger partial charge < -0.3 is 4.74 Å². The third-order valence-corrected chi connectivity index (χ3v) is 2.45. The van der Waals surface area contributed by atoms with Crippen molar-refractivity contribution in [2.45, 2.75) is 13.8 Å². The number of benzene rings is 1. The van der Waals surface area contributed by atoms with Crippen LogP contribution >= 0.6 is 11.6 Å². The van der Waals surface area contributed by atoms with Gasteiger partial charge in [0.05, 0.1) is 0 Å². The number of hydrogen-bond donors (Lipinski definition) is 0. The number of para-hydroxylation sites is 1. The minimum Gasteiger partial charge on any atom is -0.423 e. The summed E-state index contributed by atoms with van der Waals surface area (Å²) in [6.07, 6.45) is 1.63. The molecule has 0 aliphatic carbocycles. The van der Waals surface area contributed by atoms with Crippen molar-refractivity contribution >= 4 is 23.6 Å². The molecule has 0 unspecified atom stereocenters. The van der Waals surface area contributed by atoms with Crippen LogP contribution in [0.3, 0.4) is 0 Å². The Hall–Kier alpha value is -1.54. The lowest BCUT2D eigenvalue weighted by Gasteiger charge is -2.07. The van der Waals surface area contributed by atoms with Gasteiger partial charge in [-0.05, 0) is 19.9 Å². The third kappa shape index (κ3) is 2.97. The molecule has 1 aromatic carbocycles. The van der Waals surface area contributed by atoms with E-state index in [1.807, 2.05) is 12.1 Å². The lowest BCUT2D eigenvalue weighted by Crippen LogP contribution is -2.10. The molecule has 0 saturated heterocycles. The number of carbonyl (C=O) groups is 1. The lowest BCUT2D eigenvalue weighted by molar-refractivity contribution is -0.130. The van der Waals surface area contributed by atoms with E-state index in [-0.39, 0.29) is 0 Å². The molecular formula is C13H13ClO2. The molecule has 0 aromatic heterocycles. The van der Waals surface area contributed by atoms with Crippen LogP contribution in [0.5, 0.6) is 5.75 Å². The number of allylic oxidation sites excluding steroid dienone is 1. The molecule has 3 heteroatoms. The van der Waals surface area contributed by atoms with E-state index in [1.54, 1.807) is 32.1 Å². The van der Waals surface area contributed by atoms with Gasteiger partial charge in [0, 0.05) is 16.2 Å². The van der Waals surface area contributed by atoms with Gasteiger partial charge in [0.15, 0.2) is 0 Å². The lowest BCUT2D eigenvalue weighted by atomic mass is 10.2. The van der Waals surface area contributed by atoms with Gasteiger partial charge in [-0.15, -0.1) is 0 Å². The normalized spacial score (nSPS) is 11.7. The Balaban J connectivity index is 2.94. The van der Waals surface area contributed by atoms with Gasteiger partial charge in [0.2, 0.25) is 0 Å². The van der Waals surface area contributed by atoms with Gasteiger partial charge >= 0.3 is 5.97 Å². The van der Waals surface area contributed by atoms with Crippen LogP contribution in [0.2, 0.25) is 0 Å². The largest absolute Gasteiger partial charge is 0.423 e. The first-order valence-corrected chi connectivity index (χ1v) is 5.20. The van der Waals surface area contributed by atoms with Crippen LogP contribution < -0.4 is 4.74 Å². The second kappa shape index (κ2) is 5.52. The summed E-state index contributed by atoms with van der Waals surface area (Å²) in [7, 11) is 0. The van der Waals surface area contributed by atoms with Crippen molar-refractivity contribution < 1.29 is 9.53 Å². The van der Waals surface area contributed by atoms with E-state index in [0.717, 1.165) is 5.56 Å². The van der Waals surface area contributed by atoms with E-state index in [9.17, 15) is 4.79 Å². The second-order valence-electron chi connectivity index (χ2n) is 3.29. The highest BCUT2D eigenvalue weighted by molar-refractivity contribution is 6.31. The molecule has 2 nitrogen and oxygen atoms in total. The van der Waals surface area contributed by atoms with Crippen LogP contribution in [-0.4, -0.2) is 5.97 Å². The highest BCUT2D eigenvalue weighted by Crippen LogP contribution is 2.20. The van der Waals surface area contributed by atoms with Crippen molar-refractivity contribution in [3.8, 4) is 5.75 Å². The summed E-state index contributed by atoms with van der Waals surface area (Å²) in [4.78, 5) is 11.6. The maximum absolute atomic E-state index is 11.6. The van der Waals surface area contributed by atoms with Crippen LogP contribution in [0.1, 0.15) is 19.4 Å². The molecular weight excluding hydrogens is 224 g/mol. The van der Waals surface area contributed by atoms with Gasteiger partial charge in [0.25, 0.3) is 0 Å². The van der Waals surface area contributed by atoms with Crippen molar-refractivity contribution in [1.29, 1.82) is 0 Å². The Kier molecular flexibility index (Phi) is 4.32. The zero-order chi connectivity index (χ0) is 12.1. The van der Waals surface area contributed by atoms with Crippen molar-refractivity contribution in [1.82, 2.24) is 0 Å². The Labute approximate surface area is 100 Å². The highest BCUT2D eigenvalue weighted by Gasteiger charge is 2.11. The quantitative estimate of drug-likeness (QED) is 0.454. The van der Waals surface area contributed by atoms with Crippen molar-refractivity contribution in [3.63, 3.8) is 0 Å². The predicted molar refractivity (Wildman–Crippen MR) is 66.4 cm³/mol. The maximum Gasteiger partial charge on any atom is 0.340 e. The molecule has 0 atom stereocenters. The second-order valence-corrected chi connectivity index (χ2v) is 3.86. The Morgan fingerprint density at radius 3 is 2.56 bits per heavy atom. The number of carbonyl (C=O) groups excluding carboxylic acids is 1. The molecule has 0 amide bonds. The molecule has 0 saturated carbocycles. The molecule has 0 N–H and O–H groups in total. The number of esters is 1. The van der Waals surface area contributed by atoms with Crippen molar-refractivity contribution in [2.75, 3.05) is 0 Å². The molecule has 1 rings (SSSR count). The number of rotatable bonds is 3. The average molecular weight is 237 g/mol. The fourth-order valence-corrected chi connectivity index (χ4v) is 1.14. The summed E-state index contributed by atoms with van der Waals surface area (Å²) in [6.45, 7) is 6.93. The standard InChI is InChI=1S/C13H13ClO2/c1-4-11-7-5-6-8-12(11)16-13(15)9(2)10(3)14/h4-8H,1H2,2-3H3/b10-9-. The van der Waals surface area contributed by atoms with Crippen molar-refractivity contribution in [3.05, 3.63) is 47.0 Å². The maximum atomic E-state index is 11.6. The first-order valence-electron chi connectivity index (χ1n) is 4.83. The summed E-state index contributed by atoms with van der Waals surface area (Å²) >= 11 is 5.72. The van der Waals surface area contributed by atoms with E-state index < -0.39 is 5.97 Å².